The van der Waals surface area contributed by atoms with E-state index in [1.54, 1.807) is 11.8 Å². The van der Waals surface area contributed by atoms with Crippen molar-refractivity contribution < 1.29 is 0 Å². The van der Waals surface area contributed by atoms with Gasteiger partial charge in [0.05, 0.1) is 15.6 Å². The van der Waals surface area contributed by atoms with Crippen molar-refractivity contribution in [3.8, 4) is 22.6 Å². The van der Waals surface area contributed by atoms with E-state index in [0.717, 1.165) is 31.6 Å². The molecule has 0 aliphatic carbocycles. The highest BCUT2D eigenvalue weighted by molar-refractivity contribution is 7.99. The molecular formula is C22H15ClN2S. The maximum atomic E-state index is 6.34. The topological polar surface area (TPSA) is 25.8 Å². The smallest absolute Gasteiger partial charge is 0.159 e. The predicted octanol–water partition coefficient (Wildman–Crippen LogP) is 6.62. The molecule has 0 fully saturated rings. The third kappa shape index (κ3) is 3.64. The van der Waals surface area contributed by atoms with Crippen molar-refractivity contribution in [2.45, 2.75) is 9.79 Å². The Morgan fingerprint density at radius 1 is 0.654 bits per heavy atom. The van der Waals surface area contributed by atoms with Crippen molar-refractivity contribution in [3.63, 3.8) is 0 Å². The maximum Gasteiger partial charge on any atom is 0.159 e. The normalized spacial score (nSPS) is 10.7. The van der Waals surface area contributed by atoms with Gasteiger partial charge >= 0.3 is 0 Å². The van der Waals surface area contributed by atoms with E-state index in [0.29, 0.717) is 5.82 Å². The fourth-order valence-corrected chi connectivity index (χ4v) is 3.79. The van der Waals surface area contributed by atoms with E-state index in [9.17, 15) is 0 Å². The van der Waals surface area contributed by atoms with Crippen LogP contribution in [-0.2, 0) is 0 Å². The quantitative estimate of drug-likeness (QED) is 0.401. The zero-order chi connectivity index (χ0) is 17.8. The second-order valence-electron chi connectivity index (χ2n) is 5.67. The van der Waals surface area contributed by atoms with Crippen molar-refractivity contribution in [3.05, 3.63) is 96.1 Å². The molecule has 0 aliphatic rings. The van der Waals surface area contributed by atoms with Crippen LogP contribution in [-0.4, -0.2) is 9.97 Å². The van der Waals surface area contributed by atoms with Gasteiger partial charge in [-0.2, -0.15) is 0 Å². The summed E-state index contributed by atoms with van der Waals surface area (Å²) in [4.78, 5) is 11.4. The van der Waals surface area contributed by atoms with E-state index in [2.05, 4.69) is 17.1 Å². The van der Waals surface area contributed by atoms with Gasteiger partial charge in [-0.3, -0.25) is 0 Å². The molecule has 4 rings (SSSR count). The van der Waals surface area contributed by atoms with Gasteiger partial charge in [-0.05, 0) is 12.1 Å². The number of rotatable bonds is 4. The largest absolute Gasteiger partial charge is 0.235 e. The number of hydrogen-bond acceptors (Lipinski definition) is 3. The molecule has 0 radical (unpaired) electrons. The minimum Gasteiger partial charge on any atom is -0.235 e. The third-order valence-corrected chi connectivity index (χ3v) is 5.43. The lowest BCUT2D eigenvalue weighted by Crippen LogP contribution is -1.95. The van der Waals surface area contributed by atoms with E-state index in [4.69, 9.17) is 16.6 Å². The lowest BCUT2D eigenvalue weighted by Gasteiger charge is -2.11. The van der Waals surface area contributed by atoms with E-state index in [-0.39, 0.29) is 0 Å². The Kier molecular flexibility index (Phi) is 5.00. The van der Waals surface area contributed by atoms with Gasteiger partial charge in [0.1, 0.15) is 0 Å². The molecule has 0 spiro atoms. The van der Waals surface area contributed by atoms with Gasteiger partial charge in [0.15, 0.2) is 5.82 Å². The molecule has 1 aromatic heterocycles. The Morgan fingerprint density at radius 2 is 1.27 bits per heavy atom. The molecule has 2 nitrogen and oxygen atoms in total. The summed E-state index contributed by atoms with van der Waals surface area (Å²) in [5, 5.41) is 0.726. The van der Waals surface area contributed by atoms with Gasteiger partial charge in [-0.25, -0.2) is 9.97 Å². The van der Waals surface area contributed by atoms with E-state index < -0.39 is 0 Å². The highest BCUT2D eigenvalue weighted by Gasteiger charge is 2.13. The molecule has 1 heterocycles. The number of nitrogens with zero attached hydrogens (tertiary/aromatic N) is 2. The molecule has 0 aliphatic heterocycles. The molecule has 4 heteroatoms. The number of halogens is 1. The first-order valence-electron chi connectivity index (χ1n) is 8.21. The average molecular weight is 375 g/mol. The standard InChI is InChI=1S/C22H15ClN2S/c23-18-13-7-8-14-19(18)26-20-15-24-22(17-11-5-2-6-12-17)25-21(20)16-9-3-1-4-10-16/h1-15H. The van der Waals surface area contributed by atoms with Crippen molar-refractivity contribution in [2.24, 2.45) is 0 Å². The fraction of sp³-hybridized carbons (Fsp3) is 0. The van der Waals surface area contributed by atoms with Crippen LogP contribution in [0.2, 0.25) is 5.02 Å². The van der Waals surface area contributed by atoms with Crippen LogP contribution in [0.5, 0.6) is 0 Å². The zero-order valence-corrected chi connectivity index (χ0v) is 15.4. The zero-order valence-electron chi connectivity index (χ0n) is 13.8. The fourth-order valence-electron chi connectivity index (χ4n) is 2.62. The molecule has 0 amide bonds. The summed E-state index contributed by atoms with van der Waals surface area (Å²) < 4.78 is 0. The third-order valence-electron chi connectivity index (χ3n) is 3.89. The minimum absolute atomic E-state index is 0.716. The lowest BCUT2D eigenvalue weighted by atomic mass is 10.1. The molecule has 0 saturated carbocycles. The molecule has 0 bridgehead atoms. The SMILES string of the molecule is Clc1ccccc1Sc1cnc(-c2ccccc2)nc1-c1ccccc1. The van der Waals surface area contributed by atoms with Crippen molar-refractivity contribution in [2.75, 3.05) is 0 Å². The summed E-state index contributed by atoms with van der Waals surface area (Å²) in [6.07, 6.45) is 1.88. The number of hydrogen-bond donors (Lipinski definition) is 0. The van der Waals surface area contributed by atoms with Gasteiger partial charge in [-0.15, -0.1) is 0 Å². The van der Waals surface area contributed by atoms with Gasteiger partial charge in [0.2, 0.25) is 0 Å². The first-order valence-corrected chi connectivity index (χ1v) is 9.41. The molecule has 0 N–H and O–H groups in total. The summed E-state index contributed by atoms with van der Waals surface area (Å²) in [6.45, 7) is 0. The van der Waals surface area contributed by atoms with Crippen LogP contribution in [0.25, 0.3) is 22.6 Å². The summed E-state index contributed by atoms with van der Waals surface area (Å²) in [7, 11) is 0. The Bertz CT molecular complexity index is 1020. The highest BCUT2D eigenvalue weighted by atomic mass is 35.5. The second-order valence-corrected chi connectivity index (χ2v) is 7.16. The Labute approximate surface area is 161 Å². The molecule has 3 aromatic carbocycles. The number of aromatic nitrogens is 2. The maximum absolute atomic E-state index is 6.34. The van der Waals surface area contributed by atoms with Gasteiger partial charge < -0.3 is 0 Å². The highest BCUT2D eigenvalue weighted by Crippen LogP contribution is 2.38. The molecule has 126 valence electrons. The van der Waals surface area contributed by atoms with E-state index in [1.165, 1.54) is 0 Å². The van der Waals surface area contributed by atoms with Crippen LogP contribution in [0, 0.1) is 0 Å². The van der Waals surface area contributed by atoms with Crippen LogP contribution >= 0.6 is 23.4 Å². The van der Waals surface area contributed by atoms with E-state index >= 15 is 0 Å². The van der Waals surface area contributed by atoms with E-state index in [1.807, 2.05) is 79.0 Å². The average Bonchev–Trinajstić information content (AvgIpc) is 2.71. The van der Waals surface area contributed by atoms with Crippen molar-refractivity contribution in [1.82, 2.24) is 9.97 Å². The monoisotopic (exact) mass is 374 g/mol. The number of benzene rings is 3. The first-order chi connectivity index (χ1) is 12.8. The summed E-state index contributed by atoms with van der Waals surface area (Å²) in [5.41, 5.74) is 2.96. The molecular weight excluding hydrogens is 360 g/mol. The Hall–Kier alpha value is -2.62. The predicted molar refractivity (Wildman–Crippen MR) is 108 cm³/mol. The molecule has 0 unspecified atom stereocenters. The van der Waals surface area contributed by atoms with Crippen molar-refractivity contribution in [1.29, 1.82) is 0 Å². The molecule has 0 saturated heterocycles. The van der Waals surface area contributed by atoms with Crippen LogP contribution < -0.4 is 0 Å². The molecule has 4 aromatic rings. The summed E-state index contributed by atoms with van der Waals surface area (Å²) in [5.74, 6) is 0.716. The van der Waals surface area contributed by atoms with Crippen molar-refractivity contribution >= 4 is 23.4 Å². The van der Waals surface area contributed by atoms with Crippen LogP contribution in [0.4, 0.5) is 0 Å². The minimum atomic E-state index is 0.716. The van der Waals surface area contributed by atoms with Gasteiger partial charge in [0, 0.05) is 22.2 Å². The summed E-state index contributed by atoms with van der Waals surface area (Å²) in [6, 6.07) is 28.0. The van der Waals surface area contributed by atoms with Gasteiger partial charge in [0.25, 0.3) is 0 Å². The molecule has 26 heavy (non-hydrogen) atoms. The molecule has 0 atom stereocenters. The van der Waals surface area contributed by atoms with Crippen LogP contribution in [0.15, 0.2) is 101 Å². The summed E-state index contributed by atoms with van der Waals surface area (Å²) >= 11 is 7.92. The Balaban J connectivity index is 1.82. The Morgan fingerprint density at radius 3 is 1.96 bits per heavy atom. The lowest BCUT2D eigenvalue weighted by molar-refractivity contribution is 1.11. The first kappa shape index (κ1) is 16.8. The van der Waals surface area contributed by atoms with Crippen LogP contribution in [0.3, 0.4) is 0 Å². The van der Waals surface area contributed by atoms with Crippen LogP contribution in [0.1, 0.15) is 0 Å². The van der Waals surface area contributed by atoms with Gasteiger partial charge in [-0.1, -0.05) is 96.2 Å². The second kappa shape index (κ2) is 7.73.